The van der Waals surface area contributed by atoms with Crippen molar-refractivity contribution in [2.75, 3.05) is 18.7 Å². The molecule has 0 radical (unpaired) electrons. The zero-order valence-electron chi connectivity index (χ0n) is 14.0. The van der Waals surface area contributed by atoms with Crippen LogP contribution in [0.4, 0.5) is 5.69 Å². The number of benzene rings is 2. The first-order chi connectivity index (χ1) is 12.0. The lowest BCUT2D eigenvalue weighted by atomic mass is 10.1. The van der Waals surface area contributed by atoms with Gasteiger partial charge in [0, 0.05) is 11.3 Å². The topological polar surface area (TPSA) is 88.7 Å². The number of ether oxygens (including phenoxy) is 2. The first-order valence-corrected chi connectivity index (χ1v) is 7.83. The van der Waals surface area contributed by atoms with E-state index in [0.29, 0.717) is 17.1 Å². The Morgan fingerprint density at radius 3 is 2.60 bits per heavy atom. The second-order valence-electron chi connectivity index (χ2n) is 5.74. The molecule has 130 valence electrons. The molecule has 3 rings (SSSR count). The van der Waals surface area contributed by atoms with Gasteiger partial charge in [-0.25, -0.2) is 0 Å². The predicted octanol–water partition coefficient (Wildman–Crippen LogP) is 1.91. The van der Waals surface area contributed by atoms with Crippen molar-refractivity contribution in [1.29, 1.82) is 0 Å². The minimum absolute atomic E-state index is 0.0469. The van der Waals surface area contributed by atoms with Gasteiger partial charge in [0.1, 0.15) is 0 Å². The molecule has 1 aliphatic rings. The van der Waals surface area contributed by atoms with Crippen LogP contribution in [0.1, 0.15) is 21.5 Å². The molecule has 2 aromatic rings. The fraction of sp³-hybridized carbons (Fsp3) is 0.222. The Morgan fingerprint density at radius 1 is 1.00 bits per heavy atom. The predicted molar refractivity (Wildman–Crippen MR) is 92.6 cm³/mol. The minimum atomic E-state index is -0.432. The number of carbonyl (C=O) groups excluding carboxylic acids is 2. The van der Waals surface area contributed by atoms with E-state index in [0.717, 1.165) is 16.8 Å². The van der Waals surface area contributed by atoms with Gasteiger partial charge in [0.2, 0.25) is 6.79 Å². The molecule has 0 aliphatic carbocycles. The third kappa shape index (κ3) is 4.00. The number of anilines is 1. The Labute approximate surface area is 145 Å². The van der Waals surface area contributed by atoms with Gasteiger partial charge in [0.15, 0.2) is 11.5 Å². The van der Waals surface area contributed by atoms with Crippen LogP contribution >= 0.6 is 0 Å². The number of hydrogen-bond donors (Lipinski definition) is 3. The fourth-order valence-corrected chi connectivity index (χ4v) is 2.47. The fourth-order valence-electron chi connectivity index (χ4n) is 2.47. The van der Waals surface area contributed by atoms with Crippen molar-refractivity contribution in [2.45, 2.75) is 13.8 Å². The molecule has 0 atom stereocenters. The van der Waals surface area contributed by atoms with E-state index in [2.05, 4.69) is 16.2 Å². The van der Waals surface area contributed by atoms with Gasteiger partial charge in [-0.05, 0) is 43.7 Å². The van der Waals surface area contributed by atoms with Crippen LogP contribution < -0.4 is 25.6 Å². The standard InChI is InChI=1S/C18H19N3O4/c1-11-3-5-14(12(2)7-11)19-9-17(22)20-21-18(23)13-4-6-15-16(8-13)25-10-24-15/h3-8,19H,9-10H2,1-2H3,(H,20,22)(H,21,23). The van der Waals surface area contributed by atoms with Crippen molar-refractivity contribution in [3.63, 3.8) is 0 Å². The first kappa shape index (κ1) is 16.6. The van der Waals surface area contributed by atoms with Crippen LogP contribution in [0.5, 0.6) is 11.5 Å². The zero-order chi connectivity index (χ0) is 17.8. The average molecular weight is 341 g/mol. The van der Waals surface area contributed by atoms with E-state index in [-0.39, 0.29) is 19.2 Å². The summed E-state index contributed by atoms with van der Waals surface area (Å²) in [6, 6.07) is 10.7. The molecule has 1 heterocycles. The van der Waals surface area contributed by atoms with Crippen molar-refractivity contribution < 1.29 is 19.1 Å². The summed E-state index contributed by atoms with van der Waals surface area (Å²) < 4.78 is 10.4. The molecule has 0 aromatic heterocycles. The second kappa shape index (κ2) is 7.12. The van der Waals surface area contributed by atoms with E-state index in [1.807, 2.05) is 32.0 Å². The lowest BCUT2D eigenvalue weighted by Gasteiger charge is -2.11. The first-order valence-electron chi connectivity index (χ1n) is 7.83. The van der Waals surface area contributed by atoms with Gasteiger partial charge < -0.3 is 14.8 Å². The monoisotopic (exact) mass is 341 g/mol. The maximum atomic E-state index is 12.1. The van der Waals surface area contributed by atoms with Crippen LogP contribution in [-0.2, 0) is 4.79 Å². The summed E-state index contributed by atoms with van der Waals surface area (Å²) in [7, 11) is 0. The summed E-state index contributed by atoms with van der Waals surface area (Å²) in [4.78, 5) is 24.0. The molecule has 7 heteroatoms. The Hall–Kier alpha value is -3.22. The van der Waals surface area contributed by atoms with Crippen molar-refractivity contribution >= 4 is 17.5 Å². The molecule has 0 bridgehead atoms. The summed E-state index contributed by atoms with van der Waals surface area (Å²) in [6.45, 7) is 4.16. The van der Waals surface area contributed by atoms with Crippen molar-refractivity contribution in [2.24, 2.45) is 0 Å². The number of hydrogen-bond acceptors (Lipinski definition) is 5. The summed E-state index contributed by atoms with van der Waals surface area (Å²) in [5.41, 5.74) is 8.21. The highest BCUT2D eigenvalue weighted by Gasteiger charge is 2.16. The molecular weight excluding hydrogens is 322 g/mol. The minimum Gasteiger partial charge on any atom is -0.454 e. The normalized spacial score (nSPS) is 11.8. The summed E-state index contributed by atoms with van der Waals surface area (Å²) in [6.07, 6.45) is 0. The Bertz CT molecular complexity index is 820. The van der Waals surface area contributed by atoms with Gasteiger partial charge in [-0.15, -0.1) is 0 Å². The van der Waals surface area contributed by atoms with Crippen LogP contribution in [0.3, 0.4) is 0 Å². The lowest BCUT2D eigenvalue weighted by Crippen LogP contribution is -2.44. The highest BCUT2D eigenvalue weighted by Crippen LogP contribution is 2.32. The Balaban J connectivity index is 1.49. The summed E-state index contributed by atoms with van der Waals surface area (Å²) >= 11 is 0. The number of amides is 2. The van der Waals surface area contributed by atoms with Crippen molar-refractivity contribution in [3.8, 4) is 11.5 Å². The van der Waals surface area contributed by atoms with Crippen LogP contribution in [0.2, 0.25) is 0 Å². The average Bonchev–Trinajstić information content (AvgIpc) is 3.06. The molecule has 1 aliphatic heterocycles. The molecule has 0 fully saturated rings. The molecule has 0 saturated heterocycles. The Morgan fingerprint density at radius 2 is 1.80 bits per heavy atom. The van der Waals surface area contributed by atoms with Gasteiger partial charge in [0.05, 0.1) is 6.54 Å². The number of carbonyl (C=O) groups is 2. The van der Waals surface area contributed by atoms with Gasteiger partial charge in [-0.3, -0.25) is 20.4 Å². The van der Waals surface area contributed by atoms with E-state index in [1.165, 1.54) is 0 Å². The second-order valence-corrected chi connectivity index (χ2v) is 5.74. The van der Waals surface area contributed by atoms with Crippen LogP contribution in [-0.4, -0.2) is 25.2 Å². The number of rotatable bonds is 4. The maximum Gasteiger partial charge on any atom is 0.269 e. The third-order valence-electron chi connectivity index (χ3n) is 3.77. The molecule has 0 spiro atoms. The highest BCUT2D eigenvalue weighted by atomic mass is 16.7. The highest BCUT2D eigenvalue weighted by molar-refractivity contribution is 5.96. The van der Waals surface area contributed by atoms with Crippen LogP contribution in [0.15, 0.2) is 36.4 Å². The van der Waals surface area contributed by atoms with E-state index >= 15 is 0 Å². The number of hydrazine groups is 1. The molecule has 0 unspecified atom stereocenters. The van der Waals surface area contributed by atoms with Crippen molar-refractivity contribution in [1.82, 2.24) is 10.9 Å². The molecular formula is C18H19N3O4. The smallest absolute Gasteiger partial charge is 0.269 e. The largest absolute Gasteiger partial charge is 0.454 e. The number of fused-ring (bicyclic) bond motifs is 1. The van der Waals surface area contributed by atoms with Gasteiger partial charge in [-0.1, -0.05) is 17.7 Å². The quantitative estimate of drug-likeness (QED) is 0.739. The zero-order valence-corrected chi connectivity index (χ0v) is 14.0. The maximum absolute atomic E-state index is 12.1. The molecule has 0 saturated carbocycles. The molecule has 2 aromatic carbocycles. The lowest BCUT2D eigenvalue weighted by molar-refractivity contribution is -0.120. The molecule has 3 N–H and O–H groups in total. The third-order valence-corrected chi connectivity index (χ3v) is 3.77. The molecule has 25 heavy (non-hydrogen) atoms. The van der Waals surface area contributed by atoms with Gasteiger partial charge in [-0.2, -0.15) is 0 Å². The van der Waals surface area contributed by atoms with Gasteiger partial charge >= 0.3 is 0 Å². The summed E-state index contributed by atoms with van der Waals surface area (Å²) in [5.74, 6) is 0.320. The number of aryl methyl sites for hydroxylation is 2. The number of nitrogens with one attached hydrogen (secondary N) is 3. The summed E-state index contributed by atoms with van der Waals surface area (Å²) in [5, 5.41) is 3.04. The molecule has 7 nitrogen and oxygen atoms in total. The Kier molecular flexibility index (Phi) is 4.74. The van der Waals surface area contributed by atoms with E-state index in [1.54, 1.807) is 18.2 Å². The SMILES string of the molecule is Cc1ccc(NCC(=O)NNC(=O)c2ccc3c(c2)OCO3)c(C)c1. The molecule has 2 amide bonds. The van der Waals surface area contributed by atoms with E-state index in [4.69, 9.17) is 9.47 Å². The van der Waals surface area contributed by atoms with Crippen LogP contribution in [0, 0.1) is 13.8 Å². The van der Waals surface area contributed by atoms with E-state index in [9.17, 15) is 9.59 Å². The van der Waals surface area contributed by atoms with Gasteiger partial charge in [0.25, 0.3) is 11.8 Å². The van der Waals surface area contributed by atoms with Crippen molar-refractivity contribution in [3.05, 3.63) is 53.1 Å². The van der Waals surface area contributed by atoms with E-state index < -0.39 is 5.91 Å². The van der Waals surface area contributed by atoms with Crippen LogP contribution in [0.25, 0.3) is 0 Å².